The Balaban J connectivity index is 0.00000320. The first-order chi connectivity index (χ1) is 14.1. The highest BCUT2D eigenvalue weighted by Gasteiger charge is 2.32. The molecule has 1 aliphatic rings. The Morgan fingerprint density at radius 2 is 1.34 bits per heavy atom. The Kier molecular flexibility index (Phi) is 15.1. The number of benzene rings is 2. The molecule has 3 rings (SSSR count). The van der Waals surface area contributed by atoms with Gasteiger partial charge in [-0.2, -0.15) is 0 Å². The summed E-state index contributed by atoms with van der Waals surface area (Å²) in [6, 6.07) is 8.87. The fraction of sp³-hybridized carbons (Fsp3) is 0.455. The predicted octanol–water partition coefficient (Wildman–Crippen LogP) is 4.05. The summed E-state index contributed by atoms with van der Waals surface area (Å²) in [6.45, 7) is 4.82. The van der Waals surface area contributed by atoms with E-state index in [1.807, 2.05) is 12.1 Å². The molecule has 0 atom stereocenters. The monoisotopic (exact) mass is 524 g/mol. The van der Waals surface area contributed by atoms with Gasteiger partial charge in [0.1, 0.15) is 0 Å². The van der Waals surface area contributed by atoms with Crippen LogP contribution in [0.25, 0.3) is 10.8 Å². The van der Waals surface area contributed by atoms with Gasteiger partial charge >= 0.3 is 0 Å². The van der Waals surface area contributed by atoms with Gasteiger partial charge in [0.05, 0.1) is 0 Å². The minimum absolute atomic E-state index is 0. The lowest BCUT2D eigenvalue weighted by molar-refractivity contribution is 0.0609. The van der Waals surface area contributed by atoms with Crippen molar-refractivity contribution >= 4 is 71.4 Å². The molecule has 2 amide bonds. The molecule has 1 aliphatic heterocycles. The van der Waals surface area contributed by atoms with Crippen LogP contribution in [0, 0.1) is 0 Å². The quantitative estimate of drug-likeness (QED) is 0.287. The molecule has 0 spiro atoms. The molecule has 180 valence electrons. The zero-order valence-corrected chi connectivity index (χ0v) is 21.1. The molecule has 0 saturated carbocycles. The van der Waals surface area contributed by atoms with Gasteiger partial charge in [-0.3, -0.25) is 14.5 Å². The lowest BCUT2D eigenvalue weighted by Crippen LogP contribution is -2.41. The molecular formula is C22H32Cl4N4O2. The van der Waals surface area contributed by atoms with E-state index >= 15 is 0 Å². The molecular weight excluding hydrogens is 494 g/mol. The Hall–Kier alpha value is -1.12. The molecule has 0 bridgehead atoms. The lowest BCUT2D eigenvalue weighted by atomic mass is 9.94. The van der Waals surface area contributed by atoms with Gasteiger partial charge in [-0.05, 0) is 76.6 Å². The average Bonchev–Trinajstić information content (AvgIpc) is 2.73. The number of imide groups is 1. The van der Waals surface area contributed by atoms with E-state index in [1.54, 1.807) is 18.2 Å². The predicted molar refractivity (Wildman–Crippen MR) is 139 cm³/mol. The molecule has 4 N–H and O–H groups in total. The van der Waals surface area contributed by atoms with E-state index in [2.05, 4.69) is 10.6 Å². The third kappa shape index (κ3) is 7.45. The van der Waals surface area contributed by atoms with Gasteiger partial charge in [-0.25, -0.2) is 0 Å². The van der Waals surface area contributed by atoms with E-state index in [9.17, 15) is 9.59 Å². The maximum Gasteiger partial charge on any atom is 0.261 e. The summed E-state index contributed by atoms with van der Waals surface area (Å²) in [6.07, 6.45) is 3.95. The molecule has 1 heterocycles. The Morgan fingerprint density at radius 1 is 0.781 bits per heavy atom. The topological polar surface area (TPSA) is 87.5 Å². The van der Waals surface area contributed by atoms with E-state index in [1.165, 1.54) is 4.90 Å². The Morgan fingerprint density at radius 3 is 1.97 bits per heavy atom. The summed E-state index contributed by atoms with van der Waals surface area (Å²) in [7, 11) is 0. The average molecular weight is 526 g/mol. The third-order valence-electron chi connectivity index (χ3n) is 5.19. The SMILES string of the molecule is Cl.Cl.Cl.NCCCNCCCCNCCCN1C(=O)c2cccc3c(Cl)ccc(c23)C1=O. The maximum atomic E-state index is 12.9. The highest BCUT2D eigenvalue weighted by atomic mass is 35.5. The van der Waals surface area contributed by atoms with Gasteiger partial charge in [-0.15, -0.1) is 37.2 Å². The van der Waals surface area contributed by atoms with Crippen molar-refractivity contribution in [3.63, 3.8) is 0 Å². The van der Waals surface area contributed by atoms with Crippen molar-refractivity contribution in [3.05, 3.63) is 46.5 Å². The number of nitrogens with zero attached hydrogens (tertiary/aromatic N) is 1. The molecule has 32 heavy (non-hydrogen) atoms. The Bertz CT molecular complexity index is 860. The second-order valence-electron chi connectivity index (χ2n) is 7.29. The first-order valence-corrected chi connectivity index (χ1v) is 10.7. The van der Waals surface area contributed by atoms with Crippen molar-refractivity contribution in [1.82, 2.24) is 15.5 Å². The lowest BCUT2D eigenvalue weighted by Gasteiger charge is -2.27. The van der Waals surface area contributed by atoms with E-state index < -0.39 is 0 Å². The van der Waals surface area contributed by atoms with Gasteiger partial charge in [0.25, 0.3) is 11.8 Å². The molecule has 0 radical (unpaired) electrons. The van der Waals surface area contributed by atoms with E-state index in [0.29, 0.717) is 28.1 Å². The van der Waals surface area contributed by atoms with E-state index in [4.69, 9.17) is 17.3 Å². The normalized spacial score (nSPS) is 12.2. The molecule has 6 nitrogen and oxygen atoms in total. The van der Waals surface area contributed by atoms with Gasteiger partial charge in [-0.1, -0.05) is 23.7 Å². The van der Waals surface area contributed by atoms with Crippen molar-refractivity contribution in [3.8, 4) is 0 Å². The minimum Gasteiger partial charge on any atom is -0.330 e. The molecule has 2 aromatic rings. The summed E-state index contributed by atoms with van der Waals surface area (Å²) < 4.78 is 0. The second-order valence-corrected chi connectivity index (χ2v) is 7.70. The maximum absolute atomic E-state index is 12.9. The van der Waals surface area contributed by atoms with Gasteiger partial charge in [0.2, 0.25) is 0 Å². The number of amides is 2. The van der Waals surface area contributed by atoms with Crippen molar-refractivity contribution in [1.29, 1.82) is 0 Å². The van der Waals surface area contributed by atoms with Crippen LogP contribution in [0.15, 0.2) is 30.3 Å². The van der Waals surface area contributed by atoms with Crippen LogP contribution in [0.1, 0.15) is 46.4 Å². The van der Waals surface area contributed by atoms with E-state index in [0.717, 1.165) is 63.8 Å². The number of nitrogens with two attached hydrogens (primary N) is 1. The first kappa shape index (κ1) is 30.9. The zero-order chi connectivity index (χ0) is 20.6. The fourth-order valence-corrected chi connectivity index (χ4v) is 3.87. The standard InChI is InChI=1S/C22H29ClN4O2.3ClH/c23-19-9-8-18-20-16(19)6-3-7-17(20)21(28)27(22(18)29)15-5-14-26-12-2-1-11-25-13-4-10-24;;;/h3,6-9,25-26H,1-2,4-5,10-15,24H2;3*1H. The number of nitrogens with one attached hydrogen (secondary N) is 2. The summed E-state index contributed by atoms with van der Waals surface area (Å²) >= 11 is 6.25. The smallest absolute Gasteiger partial charge is 0.261 e. The summed E-state index contributed by atoms with van der Waals surface area (Å²) in [5, 5.41) is 8.73. The van der Waals surface area contributed by atoms with Crippen molar-refractivity contribution in [2.75, 3.05) is 39.3 Å². The van der Waals surface area contributed by atoms with Gasteiger partial charge in [0.15, 0.2) is 0 Å². The third-order valence-corrected chi connectivity index (χ3v) is 5.52. The van der Waals surface area contributed by atoms with Gasteiger partial charge in [0, 0.05) is 33.5 Å². The van der Waals surface area contributed by atoms with Crippen LogP contribution in [0.2, 0.25) is 5.02 Å². The highest BCUT2D eigenvalue weighted by molar-refractivity contribution is 6.38. The van der Waals surface area contributed by atoms with Gasteiger partial charge < -0.3 is 16.4 Å². The van der Waals surface area contributed by atoms with Crippen molar-refractivity contribution in [2.45, 2.75) is 25.7 Å². The minimum atomic E-state index is -0.237. The van der Waals surface area contributed by atoms with Crippen molar-refractivity contribution in [2.24, 2.45) is 5.73 Å². The number of carbonyl (C=O) groups is 2. The van der Waals surface area contributed by atoms with Crippen LogP contribution in [0.5, 0.6) is 0 Å². The van der Waals surface area contributed by atoms with Crippen LogP contribution in [0.4, 0.5) is 0 Å². The van der Waals surface area contributed by atoms with E-state index in [-0.39, 0.29) is 49.0 Å². The molecule has 2 aromatic carbocycles. The highest BCUT2D eigenvalue weighted by Crippen LogP contribution is 2.34. The molecule has 0 aromatic heterocycles. The number of hydrogen-bond acceptors (Lipinski definition) is 5. The second kappa shape index (κ2) is 15.7. The summed E-state index contributed by atoms with van der Waals surface area (Å²) in [5.41, 5.74) is 6.56. The molecule has 0 fully saturated rings. The number of hydrogen-bond donors (Lipinski definition) is 3. The molecule has 0 aliphatic carbocycles. The number of rotatable bonds is 12. The number of carbonyl (C=O) groups excluding carboxylic acids is 2. The van der Waals surface area contributed by atoms with Crippen LogP contribution in [-0.4, -0.2) is 56.0 Å². The number of halogens is 4. The zero-order valence-electron chi connectivity index (χ0n) is 17.9. The van der Waals surface area contributed by atoms with Crippen LogP contribution < -0.4 is 16.4 Å². The molecule has 10 heteroatoms. The van der Waals surface area contributed by atoms with Crippen LogP contribution in [-0.2, 0) is 0 Å². The summed E-state index contributed by atoms with van der Waals surface area (Å²) in [4.78, 5) is 27.1. The first-order valence-electron chi connectivity index (χ1n) is 10.3. The Labute approximate surface area is 213 Å². The fourth-order valence-electron chi connectivity index (χ4n) is 3.65. The number of unbranched alkanes of at least 4 members (excludes halogenated alkanes) is 1. The summed E-state index contributed by atoms with van der Waals surface area (Å²) in [5.74, 6) is -0.474. The molecule has 0 unspecified atom stereocenters. The van der Waals surface area contributed by atoms with Crippen LogP contribution in [0.3, 0.4) is 0 Å². The molecule has 0 saturated heterocycles. The van der Waals surface area contributed by atoms with Crippen LogP contribution >= 0.6 is 48.8 Å². The van der Waals surface area contributed by atoms with Crippen molar-refractivity contribution < 1.29 is 9.59 Å². The largest absolute Gasteiger partial charge is 0.330 e.